The van der Waals surface area contributed by atoms with Gasteiger partial charge >= 0.3 is 18.2 Å². The lowest BCUT2D eigenvalue weighted by Gasteiger charge is -2.23. The van der Waals surface area contributed by atoms with Gasteiger partial charge < -0.3 is 15.0 Å². The zero-order valence-electron chi connectivity index (χ0n) is 21.1. The van der Waals surface area contributed by atoms with Gasteiger partial charge in [-0.15, -0.1) is 0 Å². The lowest BCUT2D eigenvalue weighted by Crippen LogP contribution is -2.34. The highest BCUT2D eigenvalue weighted by molar-refractivity contribution is 5.90. The quantitative estimate of drug-likeness (QED) is 0.244. The summed E-state index contributed by atoms with van der Waals surface area (Å²) in [6.45, 7) is 2.56. The van der Waals surface area contributed by atoms with E-state index in [2.05, 4.69) is 10.3 Å². The number of anilines is 1. The van der Waals surface area contributed by atoms with Crippen LogP contribution in [0.25, 0.3) is 11.1 Å². The second-order valence-corrected chi connectivity index (χ2v) is 8.72. The number of carbonyl (C=O) groups excluding carboxylic acids is 2. The third-order valence-electron chi connectivity index (χ3n) is 5.90. The lowest BCUT2D eigenvalue weighted by atomic mass is 10.0. The minimum Gasteiger partial charge on any atom is -0.462 e. The molecule has 0 fully saturated rings. The average Bonchev–Trinajstić information content (AvgIpc) is 2.94. The van der Waals surface area contributed by atoms with E-state index in [4.69, 9.17) is 4.74 Å². The summed E-state index contributed by atoms with van der Waals surface area (Å²) < 4.78 is 43.7. The molecule has 0 aliphatic carbocycles. The van der Waals surface area contributed by atoms with Gasteiger partial charge in [0.15, 0.2) is 0 Å². The second kappa shape index (κ2) is 12.3. The van der Waals surface area contributed by atoms with Crippen molar-refractivity contribution < 1.29 is 27.5 Å². The van der Waals surface area contributed by atoms with Gasteiger partial charge in [-0.05, 0) is 71.6 Å². The van der Waals surface area contributed by atoms with Crippen molar-refractivity contribution in [2.45, 2.75) is 26.2 Å². The summed E-state index contributed by atoms with van der Waals surface area (Å²) in [5.74, 6) is -0.373. The van der Waals surface area contributed by atoms with Crippen molar-refractivity contribution in [1.29, 1.82) is 0 Å². The topological polar surface area (TPSA) is 71.5 Å². The number of alkyl halides is 3. The Morgan fingerprint density at radius 1 is 0.846 bits per heavy atom. The first kappa shape index (κ1) is 27.4. The van der Waals surface area contributed by atoms with Gasteiger partial charge in [-0.2, -0.15) is 13.2 Å². The molecule has 0 atom stereocenters. The molecule has 1 heterocycles. The van der Waals surface area contributed by atoms with E-state index >= 15 is 0 Å². The van der Waals surface area contributed by atoms with E-state index in [1.165, 1.54) is 12.1 Å². The van der Waals surface area contributed by atoms with Crippen LogP contribution in [0, 0.1) is 0 Å². The van der Waals surface area contributed by atoms with Crippen LogP contribution in [0.15, 0.2) is 97.3 Å². The van der Waals surface area contributed by atoms with Gasteiger partial charge in [-0.3, -0.25) is 4.98 Å². The minimum absolute atomic E-state index is 0.247. The zero-order chi connectivity index (χ0) is 27.8. The number of esters is 1. The summed E-state index contributed by atoms with van der Waals surface area (Å²) in [7, 11) is 0. The number of ether oxygens (including phenoxy) is 1. The van der Waals surface area contributed by atoms with Crippen LogP contribution < -0.4 is 5.32 Å². The highest BCUT2D eigenvalue weighted by Crippen LogP contribution is 2.30. The van der Waals surface area contributed by atoms with Crippen LogP contribution in [0.5, 0.6) is 0 Å². The van der Waals surface area contributed by atoms with Crippen molar-refractivity contribution in [2.75, 3.05) is 11.9 Å². The Morgan fingerprint density at radius 2 is 1.46 bits per heavy atom. The molecule has 1 aromatic heterocycles. The number of pyridine rings is 1. The number of hydrogen-bond acceptors (Lipinski definition) is 4. The van der Waals surface area contributed by atoms with E-state index in [0.29, 0.717) is 12.2 Å². The number of aromatic nitrogens is 1. The van der Waals surface area contributed by atoms with Gasteiger partial charge in [0.1, 0.15) is 0 Å². The lowest BCUT2D eigenvalue weighted by molar-refractivity contribution is -0.137. The molecule has 6 nitrogen and oxygen atoms in total. The smallest absolute Gasteiger partial charge is 0.416 e. The maximum Gasteiger partial charge on any atom is 0.416 e. The minimum atomic E-state index is -4.45. The molecule has 0 saturated carbocycles. The summed E-state index contributed by atoms with van der Waals surface area (Å²) >= 11 is 0. The molecule has 0 radical (unpaired) electrons. The van der Waals surface area contributed by atoms with Crippen LogP contribution in [0.1, 0.15) is 34.0 Å². The third-order valence-corrected chi connectivity index (χ3v) is 5.90. The molecule has 0 aliphatic heterocycles. The fourth-order valence-corrected chi connectivity index (χ4v) is 3.89. The predicted octanol–water partition coefficient (Wildman–Crippen LogP) is 7.18. The Hall–Kier alpha value is -4.66. The van der Waals surface area contributed by atoms with Crippen molar-refractivity contribution in [3.63, 3.8) is 0 Å². The Balaban J connectivity index is 1.48. The summed E-state index contributed by atoms with van der Waals surface area (Å²) in [6.07, 6.45) is -1.17. The Morgan fingerprint density at radius 3 is 2.03 bits per heavy atom. The molecule has 0 spiro atoms. The highest BCUT2D eigenvalue weighted by atomic mass is 19.4. The summed E-state index contributed by atoms with van der Waals surface area (Å²) in [5.41, 5.74) is 3.45. The van der Waals surface area contributed by atoms with Crippen molar-refractivity contribution in [3.8, 4) is 11.1 Å². The highest BCUT2D eigenvalue weighted by Gasteiger charge is 2.30. The second-order valence-electron chi connectivity index (χ2n) is 8.72. The third kappa shape index (κ3) is 7.44. The number of amides is 2. The normalized spacial score (nSPS) is 11.1. The van der Waals surface area contributed by atoms with E-state index in [1.807, 2.05) is 42.5 Å². The number of urea groups is 1. The molecule has 4 aromatic rings. The first-order valence-corrected chi connectivity index (χ1v) is 12.2. The number of carbonyl (C=O) groups is 2. The number of hydrogen-bond donors (Lipinski definition) is 1. The molecule has 3 aromatic carbocycles. The maximum absolute atomic E-state index is 13.2. The molecule has 0 aliphatic rings. The largest absolute Gasteiger partial charge is 0.462 e. The van der Waals surface area contributed by atoms with Crippen LogP contribution in [0.4, 0.5) is 23.7 Å². The van der Waals surface area contributed by atoms with Gasteiger partial charge in [-0.25, -0.2) is 9.59 Å². The molecular formula is C30H26F3N3O3. The number of nitrogens with zero attached hydrogens (tertiary/aromatic N) is 2. The molecular weight excluding hydrogens is 507 g/mol. The molecule has 39 heavy (non-hydrogen) atoms. The van der Waals surface area contributed by atoms with Crippen molar-refractivity contribution in [2.24, 2.45) is 0 Å². The van der Waals surface area contributed by atoms with Crippen molar-refractivity contribution in [1.82, 2.24) is 9.88 Å². The summed E-state index contributed by atoms with van der Waals surface area (Å²) in [6, 6.07) is 22.2. The summed E-state index contributed by atoms with van der Waals surface area (Å²) in [4.78, 5) is 30.7. The van der Waals surface area contributed by atoms with Gasteiger partial charge in [0.2, 0.25) is 0 Å². The van der Waals surface area contributed by atoms with Gasteiger partial charge in [-0.1, -0.05) is 42.5 Å². The first-order chi connectivity index (χ1) is 18.7. The fourth-order valence-electron chi connectivity index (χ4n) is 3.89. The van der Waals surface area contributed by atoms with Crippen LogP contribution >= 0.6 is 0 Å². The Kier molecular flexibility index (Phi) is 8.60. The van der Waals surface area contributed by atoms with E-state index in [9.17, 15) is 22.8 Å². The standard InChI is InChI=1S/C30H26F3N3O3/c1-2-39-28(37)25-11-9-24(10-12-25)23-7-5-21(6-8-23)19-36(20-22-4-3-17-34-18-22)29(38)35-27-15-13-26(14-16-27)30(31,32)33/h3-18H,2,19-20H2,1H3,(H,35,38). The Labute approximate surface area is 224 Å². The van der Waals surface area contributed by atoms with Gasteiger partial charge in [0.05, 0.1) is 17.7 Å². The van der Waals surface area contributed by atoms with Gasteiger partial charge in [0, 0.05) is 31.2 Å². The molecule has 200 valence electrons. The number of benzene rings is 3. The maximum atomic E-state index is 13.2. The monoisotopic (exact) mass is 533 g/mol. The Bertz CT molecular complexity index is 1390. The van der Waals surface area contributed by atoms with Crippen molar-refractivity contribution in [3.05, 3.63) is 120 Å². The molecule has 0 unspecified atom stereocenters. The van der Waals surface area contributed by atoms with Crippen LogP contribution in [0.2, 0.25) is 0 Å². The van der Waals surface area contributed by atoms with E-state index in [0.717, 1.165) is 34.4 Å². The van der Waals surface area contributed by atoms with Crippen LogP contribution in [0.3, 0.4) is 0 Å². The first-order valence-electron chi connectivity index (χ1n) is 12.2. The SMILES string of the molecule is CCOC(=O)c1ccc(-c2ccc(CN(Cc3cccnc3)C(=O)Nc3ccc(C(F)(F)F)cc3)cc2)cc1. The number of nitrogens with one attached hydrogen (secondary N) is 1. The molecule has 4 rings (SSSR count). The van der Waals surface area contributed by atoms with E-state index in [-0.39, 0.29) is 24.7 Å². The molecule has 1 N–H and O–H groups in total. The molecule has 0 saturated heterocycles. The summed E-state index contributed by atoms with van der Waals surface area (Å²) in [5, 5.41) is 2.68. The van der Waals surface area contributed by atoms with Gasteiger partial charge in [0.25, 0.3) is 0 Å². The van der Waals surface area contributed by atoms with Crippen LogP contribution in [-0.2, 0) is 24.0 Å². The fraction of sp³-hybridized carbons (Fsp3) is 0.167. The van der Waals surface area contributed by atoms with E-state index in [1.54, 1.807) is 42.4 Å². The molecule has 9 heteroatoms. The zero-order valence-corrected chi connectivity index (χ0v) is 21.1. The predicted molar refractivity (Wildman–Crippen MR) is 142 cm³/mol. The average molecular weight is 534 g/mol. The number of rotatable bonds is 8. The van der Waals surface area contributed by atoms with Crippen molar-refractivity contribution >= 4 is 17.7 Å². The number of halogens is 3. The van der Waals surface area contributed by atoms with E-state index < -0.39 is 17.8 Å². The van der Waals surface area contributed by atoms with Crippen LogP contribution in [-0.4, -0.2) is 28.5 Å². The molecule has 2 amide bonds. The molecule has 0 bridgehead atoms.